The second kappa shape index (κ2) is 11.9. The van der Waals surface area contributed by atoms with Crippen LogP contribution in [0, 0.1) is 0 Å². The van der Waals surface area contributed by atoms with Gasteiger partial charge in [0, 0.05) is 19.7 Å². The molecule has 1 rings (SSSR count). The lowest BCUT2D eigenvalue weighted by molar-refractivity contribution is -0.142. The molecule has 0 aromatic rings. The van der Waals surface area contributed by atoms with Crippen LogP contribution in [-0.2, 0) is 23.7 Å². The Morgan fingerprint density at radius 3 is 2.24 bits per heavy atom. The molecular formula is C15H29NO5. The van der Waals surface area contributed by atoms with Gasteiger partial charge < -0.3 is 18.9 Å². The summed E-state index contributed by atoms with van der Waals surface area (Å²) in [5.74, 6) is -0.176. The minimum Gasteiger partial charge on any atom is -0.468 e. The molecule has 0 radical (unpaired) electrons. The lowest BCUT2D eigenvalue weighted by Gasteiger charge is -2.27. The summed E-state index contributed by atoms with van der Waals surface area (Å²) in [5.41, 5.74) is 0. The summed E-state index contributed by atoms with van der Waals surface area (Å²) < 4.78 is 20.5. The Morgan fingerprint density at radius 1 is 1.00 bits per heavy atom. The van der Waals surface area contributed by atoms with Gasteiger partial charge in [-0.05, 0) is 12.8 Å². The Hall–Kier alpha value is -0.690. The lowest BCUT2D eigenvalue weighted by atomic mass is 10.2. The van der Waals surface area contributed by atoms with E-state index in [0.717, 1.165) is 19.4 Å². The number of hydrogen-bond donors (Lipinski definition) is 0. The van der Waals surface area contributed by atoms with Gasteiger partial charge in [0.15, 0.2) is 0 Å². The normalized spacial score (nSPS) is 15.8. The Bertz CT molecular complexity index is 269. The third-order valence-corrected chi connectivity index (χ3v) is 3.73. The third kappa shape index (κ3) is 8.36. The Morgan fingerprint density at radius 2 is 1.62 bits per heavy atom. The van der Waals surface area contributed by atoms with Crippen LogP contribution in [0.3, 0.4) is 0 Å². The zero-order valence-corrected chi connectivity index (χ0v) is 13.3. The van der Waals surface area contributed by atoms with Crippen molar-refractivity contribution in [2.75, 3.05) is 60.3 Å². The Kier molecular flexibility index (Phi) is 10.4. The molecule has 0 aliphatic heterocycles. The van der Waals surface area contributed by atoms with E-state index in [-0.39, 0.29) is 5.97 Å². The molecule has 1 saturated carbocycles. The summed E-state index contributed by atoms with van der Waals surface area (Å²) in [4.78, 5) is 13.7. The summed E-state index contributed by atoms with van der Waals surface area (Å²) in [5, 5.41) is 0. The van der Waals surface area contributed by atoms with Crippen LogP contribution in [-0.4, -0.2) is 77.3 Å². The van der Waals surface area contributed by atoms with Crippen molar-refractivity contribution in [3.8, 4) is 0 Å². The van der Waals surface area contributed by atoms with Crippen LogP contribution in [0.4, 0.5) is 0 Å². The van der Waals surface area contributed by atoms with Gasteiger partial charge in [0.05, 0.1) is 46.7 Å². The number of carbonyl (C=O) groups is 1. The van der Waals surface area contributed by atoms with Gasteiger partial charge in [-0.1, -0.05) is 12.8 Å². The Balaban J connectivity index is 2.12. The number of nitrogens with zero attached hydrogens (tertiary/aromatic N) is 1. The van der Waals surface area contributed by atoms with Crippen molar-refractivity contribution < 1.29 is 23.7 Å². The molecule has 0 aromatic carbocycles. The SMILES string of the molecule is COCCOCCOCCN(CC(=O)OC)C1CCCC1. The molecule has 0 N–H and O–H groups in total. The van der Waals surface area contributed by atoms with E-state index in [2.05, 4.69) is 4.90 Å². The van der Waals surface area contributed by atoms with Crippen LogP contribution in [0.5, 0.6) is 0 Å². The standard InChI is InChI=1S/C15H29NO5/c1-18-9-10-21-12-11-20-8-7-16(13-15(17)19-2)14-5-3-4-6-14/h14H,3-13H2,1-2H3. The summed E-state index contributed by atoms with van der Waals surface area (Å²) >= 11 is 0. The van der Waals surface area contributed by atoms with E-state index in [1.807, 2.05) is 0 Å². The average molecular weight is 303 g/mol. The first-order valence-corrected chi connectivity index (χ1v) is 7.73. The van der Waals surface area contributed by atoms with Crippen molar-refractivity contribution >= 4 is 5.97 Å². The summed E-state index contributed by atoms with van der Waals surface area (Å²) in [6.45, 7) is 4.07. The molecule has 0 atom stereocenters. The highest BCUT2D eigenvalue weighted by atomic mass is 16.5. The zero-order valence-electron chi connectivity index (χ0n) is 13.3. The van der Waals surface area contributed by atoms with E-state index in [1.165, 1.54) is 20.0 Å². The molecule has 6 heteroatoms. The number of carbonyl (C=O) groups excluding carboxylic acids is 1. The second-order valence-electron chi connectivity index (χ2n) is 5.20. The van der Waals surface area contributed by atoms with Crippen molar-refractivity contribution in [2.45, 2.75) is 31.7 Å². The maximum atomic E-state index is 11.5. The quantitative estimate of drug-likeness (QED) is 0.397. The molecule has 0 amide bonds. The fourth-order valence-corrected chi connectivity index (χ4v) is 2.54. The molecule has 1 aliphatic carbocycles. The maximum absolute atomic E-state index is 11.5. The van der Waals surface area contributed by atoms with Gasteiger partial charge in [-0.2, -0.15) is 0 Å². The lowest BCUT2D eigenvalue weighted by Crippen LogP contribution is -2.40. The third-order valence-electron chi connectivity index (χ3n) is 3.73. The van der Waals surface area contributed by atoms with Gasteiger partial charge in [-0.3, -0.25) is 9.69 Å². The van der Waals surface area contributed by atoms with Crippen molar-refractivity contribution in [2.24, 2.45) is 0 Å². The van der Waals surface area contributed by atoms with Gasteiger partial charge in [0.2, 0.25) is 0 Å². The molecule has 0 heterocycles. The minimum absolute atomic E-state index is 0.176. The largest absolute Gasteiger partial charge is 0.468 e. The predicted octanol–water partition coefficient (Wildman–Crippen LogP) is 1.08. The van der Waals surface area contributed by atoms with Crippen LogP contribution < -0.4 is 0 Å². The molecule has 6 nitrogen and oxygen atoms in total. The zero-order chi connectivity index (χ0) is 15.3. The maximum Gasteiger partial charge on any atom is 0.319 e. The number of methoxy groups -OCH3 is 2. The van der Waals surface area contributed by atoms with Gasteiger partial charge in [-0.25, -0.2) is 0 Å². The average Bonchev–Trinajstić information content (AvgIpc) is 3.02. The van der Waals surface area contributed by atoms with Gasteiger partial charge in [0.25, 0.3) is 0 Å². The summed E-state index contributed by atoms with van der Waals surface area (Å²) in [6, 6.07) is 0.491. The van der Waals surface area contributed by atoms with Gasteiger partial charge in [0.1, 0.15) is 0 Å². The van der Waals surface area contributed by atoms with Crippen molar-refractivity contribution in [3.05, 3.63) is 0 Å². The molecule has 0 aromatic heterocycles. The van der Waals surface area contributed by atoms with E-state index in [9.17, 15) is 4.79 Å². The van der Waals surface area contributed by atoms with Gasteiger partial charge in [-0.15, -0.1) is 0 Å². The van der Waals surface area contributed by atoms with Crippen LogP contribution in [0.15, 0.2) is 0 Å². The molecular weight excluding hydrogens is 274 g/mol. The minimum atomic E-state index is -0.176. The summed E-state index contributed by atoms with van der Waals surface area (Å²) in [6.07, 6.45) is 4.82. The van der Waals surface area contributed by atoms with E-state index in [0.29, 0.717) is 45.6 Å². The van der Waals surface area contributed by atoms with Crippen LogP contribution in [0.25, 0.3) is 0 Å². The molecule has 0 saturated heterocycles. The molecule has 0 bridgehead atoms. The first kappa shape index (κ1) is 18.4. The van der Waals surface area contributed by atoms with Crippen LogP contribution in [0.2, 0.25) is 0 Å². The molecule has 0 unspecified atom stereocenters. The number of esters is 1. The highest BCUT2D eigenvalue weighted by molar-refractivity contribution is 5.71. The first-order valence-electron chi connectivity index (χ1n) is 7.73. The highest BCUT2D eigenvalue weighted by Crippen LogP contribution is 2.23. The van der Waals surface area contributed by atoms with Gasteiger partial charge >= 0.3 is 5.97 Å². The number of ether oxygens (including phenoxy) is 4. The van der Waals surface area contributed by atoms with Crippen molar-refractivity contribution in [1.29, 1.82) is 0 Å². The molecule has 0 spiro atoms. The topological polar surface area (TPSA) is 57.2 Å². The van der Waals surface area contributed by atoms with Crippen molar-refractivity contribution in [1.82, 2.24) is 4.90 Å². The van der Waals surface area contributed by atoms with E-state index in [4.69, 9.17) is 18.9 Å². The molecule has 124 valence electrons. The molecule has 21 heavy (non-hydrogen) atoms. The predicted molar refractivity (Wildman–Crippen MR) is 79.4 cm³/mol. The fraction of sp³-hybridized carbons (Fsp3) is 0.933. The first-order chi connectivity index (χ1) is 10.3. The van der Waals surface area contributed by atoms with Crippen molar-refractivity contribution in [3.63, 3.8) is 0 Å². The van der Waals surface area contributed by atoms with Crippen LogP contribution in [0.1, 0.15) is 25.7 Å². The Labute approximate surface area is 127 Å². The van der Waals surface area contributed by atoms with E-state index in [1.54, 1.807) is 7.11 Å². The molecule has 1 aliphatic rings. The summed E-state index contributed by atoms with van der Waals surface area (Å²) in [7, 11) is 3.09. The van der Waals surface area contributed by atoms with E-state index < -0.39 is 0 Å². The fourth-order valence-electron chi connectivity index (χ4n) is 2.54. The second-order valence-corrected chi connectivity index (χ2v) is 5.20. The highest BCUT2D eigenvalue weighted by Gasteiger charge is 2.24. The number of rotatable bonds is 12. The smallest absolute Gasteiger partial charge is 0.319 e. The molecule has 1 fully saturated rings. The monoisotopic (exact) mass is 303 g/mol. The van der Waals surface area contributed by atoms with E-state index >= 15 is 0 Å². The van der Waals surface area contributed by atoms with Crippen LogP contribution >= 0.6 is 0 Å². The number of hydrogen-bond acceptors (Lipinski definition) is 6.